The molecule has 196 valence electrons. The smallest absolute Gasteiger partial charge is 0.414 e. The van der Waals surface area contributed by atoms with E-state index in [0.29, 0.717) is 18.6 Å². The first-order valence-electron chi connectivity index (χ1n) is 12.3. The fraction of sp³-hybridized carbons (Fsp3) is 0.593. The molecule has 1 aromatic rings. The number of hydrogen-bond donors (Lipinski definition) is 1. The minimum atomic E-state index is -0.783. The summed E-state index contributed by atoms with van der Waals surface area (Å²) < 4.78 is 23.7. The molecule has 1 aromatic carbocycles. The van der Waals surface area contributed by atoms with Gasteiger partial charge < -0.3 is 18.9 Å². The average Bonchev–Trinajstić information content (AvgIpc) is 3.74. The number of amides is 2. The van der Waals surface area contributed by atoms with Gasteiger partial charge >= 0.3 is 6.09 Å². The van der Waals surface area contributed by atoms with Crippen LogP contribution in [0, 0.1) is 5.92 Å². The van der Waals surface area contributed by atoms with Gasteiger partial charge in [0.2, 0.25) is 5.91 Å². The Labute approximate surface area is 216 Å². The Hall–Kier alpha value is -2.20. The monoisotopic (exact) mass is 517 g/mol. The molecule has 1 N–H and O–H groups in total. The van der Waals surface area contributed by atoms with Gasteiger partial charge in [0.25, 0.3) is 0 Å². The van der Waals surface area contributed by atoms with E-state index in [1.54, 1.807) is 31.4 Å². The molecule has 2 heterocycles. The topological polar surface area (TPSA) is 107 Å². The van der Waals surface area contributed by atoms with Crippen molar-refractivity contribution >= 4 is 29.5 Å². The van der Waals surface area contributed by atoms with Gasteiger partial charge in [-0.3, -0.25) is 14.9 Å². The molecular weight excluding hydrogens is 482 g/mol. The molecule has 1 saturated carbocycles. The average molecular weight is 518 g/mol. The van der Waals surface area contributed by atoms with Gasteiger partial charge in [-0.1, -0.05) is 23.8 Å². The van der Waals surface area contributed by atoms with Crippen molar-refractivity contribution in [1.29, 1.82) is 0 Å². The van der Waals surface area contributed by atoms with Crippen LogP contribution in [0.3, 0.4) is 0 Å². The van der Waals surface area contributed by atoms with E-state index < -0.39 is 29.8 Å². The zero-order valence-corrected chi connectivity index (χ0v) is 22.3. The van der Waals surface area contributed by atoms with Crippen molar-refractivity contribution in [2.75, 3.05) is 19.5 Å². The van der Waals surface area contributed by atoms with E-state index in [2.05, 4.69) is 32.2 Å². The van der Waals surface area contributed by atoms with E-state index >= 15 is 0 Å². The van der Waals surface area contributed by atoms with Crippen LogP contribution in [0.5, 0.6) is 0 Å². The number of alkyl carbamates (subject to hydrolysis) is 1. The molecule has 0 unspecified atom stereocenters. The maximum Gasteiger partial charge on any atom is 0.414 e. The van der Waals surface area contributed by atoms with Gasteiger partial charge in [0.05, 0.1) is 24.4 Å². The maximum atomic E-state index is 12.6. The third kappa shape index (κ3) is 5.85. The van der Waals surface area contributed by atoms with Crippen LogP contribution in [-0.4, -0.2) is 66.8 Å². The normalized spacial score (nSPS) is 32.5. The molecule has 36 heavy (non-hydrogen) atoms. The van der Waals surface area contributed by atoms with Crippen molar-refractivity contribution in [2.24, 2.45) is 5.92 Å². The molecule has 3 fully saturated rings. The van der Waals surface area contributed by atoms with Crippen LogP contribution in [0.1, 0.15) is 57.3 Å². The maximum absolute atomic E-state index is 12.6. The second kappa shape index (κ2) is 10.7. The van der Waals surface area contributed by atoms with Crippen molar-refractivity contribution in [3.05, 3.63) is 41.5 Å². The fourth-order valence-electron chi connectivity index (χ4n) is 5.32. The summed E-state index contributed by atoms with van der Waals surface area (Å²) in [6.07, 6.45) is 2.67. The minimum absolute atomic E-state index is 0.0174. The number of thioether (sulfide) groups is 1. The fourth-order valence-corrected chi connectivity index (χ4v) is 6.02. The first kappa shape index (κ1) is 26.9. The van der Waals surface area contributed by atoms with Crippen molar-refractivity contribution < 1.29 is 33.3 Å². The summed E-state index contributed by atoms with van der Waals surface area (Å²) in [6, 6.07) is 6.98. The van der Waals surface area contributed by atoms with Crippen LogP contribution in [-0.2, 0) is 23.7 Å². The second-order valence-electron chi connectivity index (χ2n) is 10.2. The summed E-state index contributed by atoms with van der Waals surface area (Å²) in [5.41, 5.74) is 1.12. The summed E-state index contributed by atoms with van der Waals surface area (Å²) in [7, 11) is 1.61. The predicted molar refractivity (Wildman–Crippen MR) is 135 cm³/mol. The Morgan fingerprint density at radius 3 is 2.47 bits per heavy atom. The summed E-state index contributed by atoms with van der Waals surface area (Å²) in [4.78, 5) is 37.1. The van der Waals surface area contributed by atoms with Crippen molar-refractivity contribution in [2.45, 2.75) is 81.4 Å². The highest BCUT2D eigenvalue weighted by Crippen LogP contribution is 2.59. The van der Waals surface area contributed by atoms with E-state index in [1.807, 2.05) is 0 Å². The standard InChI is InChI=1S/C27H35NO7S/c1-16(2)6-11-21-26(4,35-21)24-23(32-5)20(12-13-27(24)15-33-27)34-25(31)28-22(30)14-36-19-9-7-18(8-10-19)17(3)29/h6-10,20-21,23-24H,11-15H2,1-5H3,(H,28,30,31)/t20-,21-,23-,24-,26+,27+/m1/s1. The van der Waals surface area contributed by atoms with Gasteiger partial charge in [0.1, 0.15) is 23.4 Å². The van der Waals surface area contributed by atoms with Gasteiger partial charge in [-0.05, 0) is 59.1 Å². The van der Waals surface area contributed by atoms with Crippen LogP contribution >= 0.6 is 11.8 Å². The molecule has 2 amide bonds. The lowest BCUT2D eigenvalue weighted by atomic mass is 9.68. The molecule has 0 aromatic heterocycles. The number of ketones is 1. The molecule has 1 spiro atoms. The molecule has 8 nitrogen and oxygen atoms in total. The van der Waals surface area contributed by atoms with Crippen molar-refractivity contribution in [3.8, 4) is 0 Å². The van der Waals surface area contributed by atoms with E-state index in [9.17, 15) is 14.4 Å². The highest BCUT2D eigenvalue weighted by Gasteiger charge is 2.72. The van der Waals surface area contributed by atoms with E-state index in [1.165, 1.54) is 24.3 Å². The first-order chi connectivity index (χ1) is 17.1. The van der Waals surface area contributed by atoms with Gasteiger partial charge in [-0.2, -0.15) is 0 Å². The van der Waals surface area contributed by atoms with Gasteiger partial charge in [0.15, 0.2) is 5.78 Å². The largest absolute Gasteiger partial charge is 0.443 e. The van der Waals surface area contributed by atoms with Gasteiger partial charge in [0, 0.05) is 17.6 Å². The number of nitrogens with one attached hydrogen (secondary N) is 1. The quantitative estimate of drug-likeness (QED) is 0.224. The van der Waals surface area contributed by atoms with Crippen LogP contribution in [0.4, 0.5) is 4.79 Å². The Morgan fingerprint density at radius 1 is 1.19 bits per heavy atom. The van der Waals surface area contributed by atoms with E-state index in [4.69, 9.17) is 18.9 Å². The first-order valence-corrected chi connectivity index (χ1v) is 13.3. The molecule has 4 rings (SSSR count). The molecule has 0 bridgehead atoms. The Kier molecular flexibility index (Phi) is 7.95. The highest BCUT2D eigenvalue weighted by atomic mass is 32.2. The Morgan fingerprint density at radius 2 is 1.89 bits per heavy atom. The number of Topliss-reactive ketones (excluding diaryl/α,β-unsaturated/α-hetero) is 1. The van der Waals surface area contributed by atoms with Crippen molar-refractivity contribution in [1.82, 2.24) is 5.32 Å². The molecule has 2 saturated heterocycles. The number of hydrogen-bond acceptors (Lipinski definition) is 8. The van der Waals surface area contributed by atoms with Crippen LogP contribution < -0.4 is 5.32 Å². The number of benzene rings is 1. The minimum Gasteiger partial charge on any atom is -0.443 e. The number of carbonyl (C=O) groups is 3. The molecule has 3 aliphatic rings. The number of epoxide rings is 2. The molecule has 6 atom stereocenters. The SMILES string of the molecule is CO[C@@H]1[C@H](OC(=O)NC(=O)CSc2ccc(C(C)=O)cc2)CC[C@]2(CO2)[C@H]1[C@@]1(C)O[C@@H]1CC=C(C)C. The highest BCUT2D eigenvalue weighted by molar-refractivity contribution is 8.00. The number of imide groups is 1. The predicted octanol–water partition coefficient (Wildman–Crippen LogP) is 4.31. The number of carbonyl (C=O) groups excluding carboxylic acids is 3. The summed E-state index contributed by atoms with van der Waals surface area (Å²) in [6.45, 7) is 8.37. The lowest BCUT2D eigenvalue weighted by Crippen LogP contribution is -2.56. The zero-order valence-electron chi connectivity index (χ0n) is 21.5. The van der Waals surface area contributed by atoms with Crippen LogP contribution in [0.25, 0.3) is 0 Å². The van der Waals surface area contributed by atoms with Gasteiger partial charge in [-0.15, -0.1) is 11.8 Å². The third-order valence-corrected chi connectivity index (χ3v) is 8.38. The van der Waals surface area contributed by atoms with E-state index in [0.717, 1.165) is 17.7 Å². The molecule has 1 aliphatic carbocycles. The van der Waals surface area contributed by atoms with Gasteiger partial charge in [-0.25, -0.2) is 4.79 Å². The Balaban J connectivity index is 1.32. The number of allylic oxidation sites excluding steroid dienone is 1. The van der Waals surface area contributed by atoms with Crippen LogP contribution in [0.2, 0.25) is 0 Å². The lowest BCUT2D eigenvalue weighted by Gasteiger charge is -2.42. The number of ether oxygens (including phenoxy) is 4. The summed E-state index contributed by atoms with van der Waals surface area (Å²) >= 11 is 1.28. The zero-order chi connectivity index (χ0) is 26.1. The molecule has 9 heteroatoms. The van der Waals surface area contributed by atoms with Crippen LogP contribution in [0.15, 0.2) is 40.8 Å². The second-order valence-corrected chi connectivity index (χ2v) is 11.3. The van der Waals surface area contributed by atoms with Crippen molar-refractivity contribution in [3.63, 3.8) is 0 Å². The summed E-state index contributed by atoms with van der Waals surface area (Å²) in [5, 5.41) is 2.32. The van der Waals surface area contributed by atoms with E-state index in [-0.39, 0.29) is 29.2 Å². The summed E-state index contributed by atoms with van der Waals surface area (Å²) in [5.74, 6) is -0.509. The number of methoxy groups -OCH3 is 1. The molecule has 0 radical (unpaired) electrons. The Bertz CT molecular complexity index is 1030. The number of rotatable bonds is 9. The molecular formula is C27H35NO7S. The molecule has 2 aliphatic heterocycles. The third-order valence-electron chi connectivity index (χ3n) is 7.37. The lowest BCUT2D eigenvalue weighted by molar-refractivity contribution is -0.124.